The molecule has 110 valence electrons. The number of pyridine rings is 1. The normalized spacial score (nSPS) is 15.7. The van der Waals surface area contributed by atoms with Gasteiger partial charge in [-0.15, -0.1) is 0 Å². The van der Waals surface area contributed by atoms with E-state index in [2.05, 4.69) is 29.5 Å². The summed E-state index contributed by atoms with van der Waals surface area (Å²) in [5.41, 5.74) is 1.08. The van der Waals surface area contributed by atoms with E-state index in [-0.39, 0.29) is 5.91 Å². The molecule has 1 aromatic rings. The van der Waals surface area contributed by atoms with Gasteiger partial charge in [-0.3, -0.25) is 4.79 Å². The van der Waals surface area contributed by atoms with E-state index in [4.69, 9.17) is 0 Å². The van der Waals surface area contributed by atoms with Crippen molar-refractivity contribution in [1.82, 2.24) is 10.3 Å². The van der Waals surface area contributed by atoms with Gasteiger partial charge in [-0.05, 0) is 43.2 Å². The molecule has 0 aliphatic heterocycles. The highest BCUT2D eigenvalue weighted by molar-refractivity contribution is 5.94. The number of carbonyl (C=O) groups is 1. The lowest BCUT2D eigenvalue weighted by Gasteiger charge is -2.15. The third-order valence-corrected chi connectivity index (χ3v) is 3.94. The fourth-order valence-electron chi connectivity index (χ4n) is 2.51. The van der Waals surface area contributed by atoms with E-state index in [9.17, 15) is 4.79 Å². The summed E-state index contributed by atoms with van der Waals surface area (Å²) in [7, 11) is 0. The number of nitrogens with zero attached hydrogens (tertiary/aromatic N) is 1. The molecule has 0 saturated heterocycles. The molecule has 0 atom stereocenters. The van der Waals surface area contributed by atoms with Crippen LogP contribution in [0.3, 0.4) is 0 Å². The van der Waals surface area contributed by atoms with Crippen molar-refractivity contribution in [2.45, 2.75) is 46.0 Å². The molecule has 0 aromatic carbocycles. The minimum atomic E-state index is 0.00864. The van der Waals surface area contributed by atoms with E-state index in [1.165, 1.54) is 25.7 Å². The SMILES string of the molecule is CCCNc1cc(C(=O)NCC2(CCC)CC2)ccn1. The Hall–Kier alpha value is -1.58. The Morgan fingerprint density at radius 3 is 2.80 bits per heavy atom. The van der Waals surface area contributed by atoms with Gasteiger partial charge in [0.1, 0.15) is 5.82 Å². The third-order valence-electron chi connectivity index (χ3n) is 3.94. The first kappa shape index (κ1) is 14.8. The third kappa shape index (κ3) is 3.95. The van der Waals surface area contributed by atoms with E-state index in [1.807, 2.05) is 6.07 Å². The average molecular weight is 275 g/mol. The maximum absolute atomic E-state index is 12.2. The number of aromatic nitrogens is 1. The van der Waals surface area contributed by atoms with E-state index < -0.39 is 0 Å². The zero-order chi connectivity index (χ0) is 14.4. The number of rotatable bonds is 8. The number of nitrogens with one attached hydrogen (secondary N) is 2. The van der Waals surface area contributed by atoms with Gasteiger partial charge in [-0.2, -0.15) is 0 Å². The quantitative estimate of drug-likeness (QED) is 0.766. The molecule has 1 amide bonds. The van der Waals surface area contributed by atoms with Crippen LogP contribution in [0.2, 0.25) is 0 Å². The van der Waals surface area contributed by atoms with Gasteiger partial charge in [-0.1, -0.05) is 20.3 Å². The minimum absolute atomic E-state index is 0.00864. The van der Waals surface area contributed by atoms with Crippen molar-refractivity contribution in [1.29, 1.82) is 0 Å². The van der Waals surface area contributed by atoms with Crippen LogP contribution in [0.1, 0.15) is 56.3 Å². The molecule has 1 heterocycles. The standard InChI is InChI=1S/C16H25N3O/c1-3-6-16(7-8-16)12-19-15(20)13-5-10-18-14(11-13)17-9-4-2/h5,10-11H,3-4,6-9,12H2,1-2H3,(H,17,18)(H,19,20). The Kier molecular flexibility index (Phi) is 4.99. The Morgan fingerprint density at radius 2 is 2.15 bits per heavy atom. The van der Waals surface area contributed by atoms with Crippen molar-refractivity contribution in [3.8, 4) is 0 Å². The summed E-state index contributed by atoms with van der Waals surface area (Å²) in [5.74, 6) is 0.781. The molecule has 1 aromatic heterocycles. The lowest BCUT2D eigenvalue weighted by Crippen LogP contribution is -2.30. The van der Waals surface area contributed by atoms with Gasteiger partial charge in [-0.25, -0.2) is 4.98 Å². The van der Waals surface area contributed by atoms with Gasteiger partial charge in [0.25, 0.3) is 5.91 Å². The molecule has 2 rings (SSSR count). The maximum Gasteiger partial charge on any atom is 0.251 e. The number of amides is 1. The van der Waals surface area contributed by atoms with Crippen LogP contribution in [0.15, 0.2) is 18.3 Å². The second kappa shape index (κ2) is 6.73. The molecule has 1 aliphatic carbocycles. The zero-order valence-corrected chi connectivity index (χ0v) is 12.5. The van der Waals surface area contributed by atoms with Crippen LogP contribution in [0, 0.1) is 5.41 Å². The van der Waals surface area contributed by atoms with E-state index in [0.29, 0.717) is 11.0 Å². The van der Waals surface area contributed by atoms with Crippen molar-refractivity contribution in [3.05, 3.63) is 23.9 Å². The monoisotopic (exact) mass is 275 g/mol. The average Bonchev–Trinajstić information content (AvgIpc) is 3.23. The number of carbonyl (C=O) groups excluding carboxylic acids is 1. The summed E-state index contributed by atoms with van der Waals surface area (Å²) in [6, 6.07) is 3.59. The fraction of sp³-hybridized carbons (Fsp3) is 0.625. The van der Waals surface area contributed by atoms with Gasteiger partial charge in [0.05, 0.1) is 0 Å². The summed E-state index contributed by atoms with van der Waals surface area (Å²) in [6.45, 7) is 5.99. The molecule has 0 radical (unpaired) electrons. The largest absolute Gasteiger partial charge is 0.370 e. The highest BCUT2D eigenvalue weighted by Crippen LogP contribution is 2.48. The lowest BCUT2D eigenvalue weighted by atomic mass is 10.0. The number of hydrogen-bond acceptors (Lipinski definition) is 3. The van der Waals surface area contributed by atoms with Crippen LogP contribution in [0.25, 0.3) is 0 Å². The van der Waals surface area contributed by atoms with Crippen LogP contribution in [-0.4, -0.2) is 24.0 Å². The molecule has 4 nitrogen and oxygen atoms in total. The molecular weight excluding hydrogens is 250 g/mol. The molecule has 1 fully saturated rings. The van der Waals surface area contributed by atoms with Crippen LogP contribution < -0.4 is 10.6 Å². The fourth-order valence-corrected chi connectivity index (χ4v) is 2.51. The number of anilines is 1. The van der Waals surface area contributed by atoms with Gasteiger partial charge in [0, 0.05) is 24.8 Å². The summed E-state index contributed by atoms with van der Waals surface area (Å²) >= 11 is 0. The second-order valence-electron chi connectivity index (χ2n) is 5.79. The van der Waals surface area contributed by atoms with Crippen molar-refractivity contribution < 1.29 is 4.79 Å². The van der Waals surface area contributed by atoms with E-state index in [1.54, 1.807) is 12.3 Å². The van der Waals surface area contributed by atoms with Crippen molar-refractivity contribution in [2.75, 3.05) is 18.4 Å². The van der Waals surface area contributed by atoms with Crippen molar-refractivity contribution in [2.24, 2.45) is 5.41 Å². The first-order valence-electron chi connectivity index (χ1n) is 7.67. The van der Waals surface area contributed by atoms with Gasteiger partial charge in [0.15, 0.2) is 0 Å². The minimum Gasteiger partial charge on any atom is -0.370 e. The molecular formula is C16H25N3O. The first-order chi connectivity index (χ1) is 9.69. The molecule has 20 heavy (non-hydrogen) atoms. The predicted molar refractivity (Wildman–Crippen MR) is 81.9 cm³/mol. The van der Waals surface area contributed by atoms with Crippen LogP contribution >= 0.6 is 0 Å². The Balaban J connectivity index is 1.88. The molecule has 2 N–H and O–H groups in total. The van der Waals surface area contributed by atoms with Gasteiger partial charge in [0.2, 0.25) is 0 Å². The molecule has 0 unspecified atom stereocenters. The Bertz CT molecular complexity index is 455. The van der Waals surface area contributed by atoms with Crippen LogP contribution in [0.4, 0.5) is 5.82 Å². The van der Waals surface area contributed by atoms with Crippen LogP contribution in [-0.2, 0) is 0 Å². The number of hydrogen-bond donors (Lipinski definition) is 2. The predicted octanol–water partition coefficient (Wildman–Crippen LogP) is 3.21. The zero-order valence-electron chi connectivity index (χ0n) is 12.5. The first-order valence-corrected chi connectivity index (χ1v) is 7.67. The molecule has 4 heteroatoms. The van der Waals surface area contributed by atoms with Crippen molar-refractivity contribution >= 4 is 11.7 Å². The lowest BCUT2D eigenvalue weighted by molar-refractivity contribution is 0.0943. The maximum atomic E-state index is 12.2. The topological polar surface area (TPSA) is 54.0 Å². The van der Waals surface area contributed by atoms with Gasteiger partial charge < -0.3 is 10.6 Å². The Labute approximate surface area is 121 Å². The molecule has 1 saturated carbocycles. The summed E-state index contributed by atoms with van der Waals surface area (Å²) < 4.78 is 0. The summed E-state index contributed by atoms with van der Waals surface area (Å²) in [6.07, 6.45) is 7.63. The summed E-state index contributed by atoms with van der Waals surface area (Å²) in [5, 5.41) is 6.28. The van der Waals surface area contributed by atoms with Crippen LogP contribution in [0.5, 0.6) is 0 Å². The highest BCUT2D eigenvalue weighted by atomic mass is 16.1. The summed E-state index contributed by atoms with van der Waals surface area (Å²) in [4.78, 5) is 16.4. The molecule has 1 aliphatic rings. The second-order valence-corrected chi connectivity index (χ2v) is 5.79. The molecule has 0 bridgehead atoms. The van der Waals surface area contributed by atoms with E-state index in [0.717, 1.165) is 25.3 Å². The molecule has 0 spiro atoms. The highest BCUT2D eigenvalue weighted by Gasteiger charge is 2.41. The smallest absolute Gasteiger partial charge is 0.251 e. The van der Waals surface area contributed by atoms with Crippen molar-refractivity contribution in [3.63, 3.8) is 0 Å². The van der Waals surface area contributed by atoms with E-state index >= 15 is 0 Å². The van der Waals surface area contributed by atoms with Gasteiger partial charge >= 0.3 is 0 Å². The Morgan fingerprint density at radius 1 is 1.35 bits per heavy atom.